The molecule has 0 amide bonds. The molecule has 0 unspecified atom stereocenters. The van der Waals surface area contributed by atoms with E-state index < -0.39 is 11.7 Å². The van der Waals surface area contributed by atoms with Gasteiger partial charge in [-0.05, 0) is 47.9 Å². The van der Waals surface area contributed by atoms with Gasteiger partial charge < -0.3 is 15.0 Å². The number of ether oxygens (including phenoxy) is 1. The molecule has 0 atom stereocenters. The lowest BCUT2D eigenvalue weighted by Gasteiger charge is -2.09. The number of H-pyrrole nitrogens is 1. The van der Waals surface area contributed by atoms with Crippen LogP contribution >= 0.6 is 0 Å². The second kappa shape index (κ2) is 8.27. The first-order chi connectivity index (χ1) is 16.0. The summed E-state index contributed by atoms with van der Waals surface area (Å²) in [6.45, 7) is 0. The standard InChI is InChI=1S/C24H16F3N5O/c25-24(26,27)17-7-4-8-18(14-17)29-23-30-21(31-32-23)16-6-3-9-19(13-16)33-22-20-10-2-1-5-15(20)11-12-28-22/h1-14H,(H2,29,30,31,32). The van der Waals surface area contributed by atoms with Crippen molar-refractivity contribution >= 4 is 22.4 Å². The summed E-state index contributed by atoms with van der Waals surface area (Å²) >= 11 is 0. The fourth-order valence-electron chi connectivity index (χ4n) is 3.35. The third-order valence-electron chi connectivity index (χ3n) is 4.90. The summed E-state index contributed by atoms with van der Waals surface area (Å²) in [4.78, 5) is 7.30. The Balaban J connectivity index is 1.37. The fourth-order valence-corrected chi connectivity index (χ4v) is 3.35. The number of aromatic nitrogens is 4. The minimum Gasteiger partial charge on any atom is -0.438 e. The Kier molecular flexibility index (Phi) is 5.14. The van der Waals surface area contributed by atoms with Crippen LogP contribution in [0.3, 0.4) is 0 Å². The smallest absolute Gasteiger partial charge is 0.416 e. The van der Waals surface area contributed by atoms with E-state index in [-0.39, 0.29) is 11.6 Å². The second-order valence-corrected chi connectivity index (χ2v) is 7.19. The zero-order valence-electron chi connectivity index (χ0n) is 17.0. The van der Waals surface area contributed by atoms with Crippen LogP contribution in [0.4, 0.5) is 24.8 Å². The normalized spacial score (nSPS) is 11.5. The number of alkyl halides is 3. The molecule has 0 saturated heterocycles. The molecule has 9 heteroatoms. The summed E-state index contributed by atoms with van der Waals surface area (Å²) in [5.74, 6) is 1.68. The molecule has 0 aliphatic heterocycles. The van der Waals surface area contributed by atoms with Crippen molar-refractivity contribution in [1.82, 2.24) is 20.2 Å². The Morgan fingerprint density at radius 3 is 2.58 bits per heavy atom. The molecular weight excluding hydrogens is 431 g/mol. The third kappa shape index (κ3) is 4.47. The van der Waals surface area contributed by atoms with E-state index in [9.17, 15) is 13.2 Å². The number of nitrogens with zero attached hydrogens (tertiary/aromatic N) is 3. The van der Waals surface area contributed by atoms with Crippen molar-refractivity contribution in [1.29, 1.82) is 0 Å². The van der Waals surface area contributed by atoms with Gasteiger partial charge >= 0.3 is 6.18 Å². The van der Waals surface area contributed by atoms with E-state index in [0.717, 1.165) is 22.9 Å². The van der Waals surface area contributed by atoms with Gasteiger partial charge in [0.1, 0.15) is 5.75 Å². The molecule has 2 aromatic heterocycles. The number of rotatable bonds is 5. The number of hydrogen-bond donors (Lipinski definition) is 2. The minimum absolute atomic E-state index is 0.214. The van der Waals surface area contributed by atoms with Gasteiger partial charge in [-0.25, -0.2) is 4.98 Å². The average Bonchev–Trinajstić information content (AvgIpc) is 3.28. The largest absolute Gasteiger partial charge is 0.438 e. The third-order valence-corrected chi connectivity index (χ3v) is 4.90. The molecule has 6 nitrogen and oxygen atoms in total. The van der Waals surface area contributed by atoms with E-state index in [1.807, 2.05) is 36.4 Å². The molecule has 0 fully saturated rings. The Bertz CT molecular complexity index is 1430. The van der Waals surface area contributed by atoms with Crippen LogP contribution in [-0.4, -0.2) is 20.2 Å². The number of nitrogens with one attached hydrogen (secondary N) is 2. The molecule has 0 radical (unpaired) electrons. The number of benzene rings is 3. The molecule has 0 aliphatic carbocycles. The van der Waals surface area contributed by atoms with E-state index in [1.165, 1.54) is 12.1 Å². The Hall–Kier alpha value is -4.40. The molecule has 0 saturated carbocycles. The van der Waals surface area contributed by atoms with Crippen molar-refractivity contribution in [2.45, 2.75) is 6.18 Å². The van der Waals surface area contributed by atoms with Gasteiger partial charge in [-0.2, -0.15) is 13.2 Å². The summed E-state index contributed by atoms with van der Waals surface area (Å²) in [6, 6.07) is 21.7. The van der Waals surface area contributed by atoms with Crippen LogP contribution in [-0.2, 0) is 6.18 Å². The van der Waals surface area contributed by atoms with Crippen LogP contribution in [0.5, 0.6) is 11.6 Å². The van der Waals surface area contributed by atoms with Gasteiger partial charge in [-0.15, -0.1) is 10.2 Å². The van der Waals surface area contributed by atoms with Crippen molar-refractivity contribution in [3.8, 4) is 23.0 Å². The number of halogens is 3. The topological polar surface area (TPSA) is 75.7 Å². The van der Waals surface area contributed by atoms with Crippen LogP contribution in [0.2, 0.25) is 0 Å². The summed E-state index contributed by atoms with van der Waals surface area (Å²) < 4.78 is 44.8. The molecule has 5 aromatic rings. The van der Waals surface area contributed by atoms with Gasteiger partial charge in [-0.1, -0.05) is 36.4 Å². The monoisotopic (exact) mass is 447 g/mol. The highest BCUT2D eigenvalue weighted by Gasteiger charge is 2.30. The maximum Gasteiger partial charge on any atom is 0.416 e. The zero-order valence-corrected chi connectivity index (χ0v) is 17.0. The minimum atomic E-state index is -4.43. The molecule has 2 heterocycles. The molecule has 164 valence electrons. The average molecular weight is 447 g/mol. The van der Waals surface area contributed by atoms with Gasteiger partial charge in [0.25, 0.3) is 0 Å². The summed E-state index contributed by atoms with van der Waals surface area (Å²) in [5, 5.41) is 12.8. The number of pyridine rings is 1. The molecular formula is C24H16F3N5O. The predicted molar refractivity (Wildman–Crippen MR) is 118 cm³/mol. The molecule has 0 spiro atoms. The van der Waals surface area contributed by atoms with E-state index in [0.29, 0.717) is 23.0 Å². The highest BCUT2D eigenvalue weighted by atomic mass is 19.4. The quantitative estimate of drug-likeness (QED) is 0.319. The van der Waals surface area contributed by atoms with Crippen LogP contribution in [0.1, 0.15) is 5.56 Å². The highest BCUT2D eigenvalue weighted by Crippen LogP contribution is 2.32. The molecule has 0 aliphatic rings. The predicted octanol–water partition coefficient (Wildman–Crippen LogP) is 6.57. The zero-order chi connectivity index (χ0) is 22.8. The Labute approximate surface area is 186 Å². The molecule has 0 bridgehead atoms. The lowest BCUT2D eigenvalue weighted by molar-refractivity contribution is -0.137. The van der Waals surface area contributed by atoms with E-state index in [1.54, 1.807) is 24.4 Å². The lowest BCUT2D eigenvalue weighted by Crippen LogP contribution is -2.05. The summed E-state index contributed by atoms with van der Waals surface area (Å²) in [6.07, 6.45) is -2.74. The molecule has 2 N–H and O–H groups in total. The first kappa shape index (κ1) is 20.5. The van der Waals surface area contributed by atoms with Crippen LogP contribution in [0.15, 0.2) is 85.1 Å². The van der Waals surface area contributed by atoms with E-state index >= 15 is 0 Å². The fraction of sp³-hybridized carbons (Fsp3) is 0.0417. The van der Waals surface area contributed by atoms with Crippen molar-refractivity contribution in [2.24, 2.45) is 0 Å². The Morgan fingerprint density at radius 2 is 1.70 bits per heavy atom. The molecule has 5 rings (SSSR count). The van der Waals surface area contributed by atoms with Crippen molar-refractivity contribution < 1.29 is 17.9 Å². The van der Waals surface area contributed by atoms with Gasteiger partial charge in [0.15, 0.2) is 5.82 Å². The number of hydrogen-bond acceptors (Lipinski definition) is 5. The van der Waals surface area contributed by atoms with Crippen molar-refractivity contribution in [3.63, 3.8) is 0 Å². The van der Waals surface area contributed by atoms with Gasteiger partial charge in [-0.3, -0.25) is 0 Å². The molecule has 3 aromatic carbocycles. The summed E-state index contributed by atoms with van der Waals surface area (Å²) in [7, 11) is 0. The van der Waals surface area contributed by atoms with Gasteiger partial charge in [0, 0.05) is 22.8 Å². The Morgan fingerprint density at radius 1 is 0.848 bits per heavy atom. The first-order valence-corrected chi connectivity index (χ1v) is 9.95. The van der Waals surface area contributed by atoms with Crippen LogP contribution in [0.25, 0.3) is 22.2 Å². The SMILES string of the molecule is FC(F)(F)c1cccc(Nc2nnc(-c3cccc(Oc4nccc5ccccc45)c3)[nH]2)c1. The number of anilines is 2. The highest BCUT2D eigenvalue weighted by molar-refractivity contribution is 5.86. The van der Waals surface area contributed by atoms with Crippen LogP contribution in [0, 0.1) is 0 Å². The lowest BCUT2D eigenvalue weighted by atomic mass is 10.2. The van der Waals surface area contributed by atoms with Crippen molar-refractivity contribution in [2.75, 3.05) is 5.32 Å². The molecule has 33 heavy (non-hydrogen) atoms. The van der Waals surface area contributed by atoms with Gasteiger partial charge in [0.2, 0.25) is 11.8 Å². The van der Waals surface area contributed by atoms with Gasteiger partial charge in [0.05, 0.1) is 5.56 Å². The number of aromatic amines is 1. The van der Waals surface area contributed by atoms with E-state index in [2.05, 4.69) is 25.5 Å². The first-order valence-electron chi connectivity index (χ1n) is 9.95. The van der Waals surface area contributed by atoms with E-state index in [4.69, 9.17) is 4.74 Å². The van der Waals surface area contributed by atoms with Crippen LogP contribution < -0.4 is 10.1 Å². The summed E-state index contributed by atoms with van der Waals surface area (Å²) in [5.41, 5.74) is 0.183. The van der Waals surface area contributed by atoms with Crippen molar-refractivity contribution in [3.05, 3.63) is 90.6 Å². The maximum absolute atomic E-state index is 12.9. The number of fused-ring (bicyclic) bond motifs is 1. The maximum atomic E-state index is 12.9. The second-order valence-electron chi connectivity index (χ2n) is 7.19.